The minimum atomic E-state index is -0.936. The number of rotatable bonds is 2. The Morgan fingerprint density at radius 3 is 2.58 bits per heavy atom. The summed E-state index contributed by atoms with van der Waals surface area (Å²) in [5.74, 6) is 1.49. The highest BCUT2D eigenvalue weighted by atomic mass is 17.2. The highest BCUT2D eigenvalue weighted by Gasteiger charge is 2.73. The van der Waals surface area contributed by atoms with E-state index in [0.29, 0.717) is 37.2 Å². The zero-order valence-corrected chi connectivity index (χ0v) is 25.1. The number of benzene rings is 1. The molecule has 7 rings (SSSR count). The second-order valence-electron chi connectivity index (χ2n) is 16.2. The van der Waals surface area contributed by atoms with Gasteiger partial charge in [-0.3, -0.25) is 0 Å². The Kier molecular flexibility index (Phi) is 5.76. The zero-order chi connectivity index (χ0) is 28.3. The van der Waals surface area contributed by atoms with E-state index in [4.69, 9.17) is 9.78 Å². The maximum absolute atomic E-state index is 13.0. The predicted octanol–water partition coefficient (Wildman–Crippen LogP) is 5.90. The summed E-state index contributed by atoms with van der Waals surface area (Å²) in [5.41, 5.74) is 1.32. The van der Waals surface area contributed by atoms with E-state index in [9.17, 15) is 15.5 Å². The number of aliphatic hydroxyl groups is 2. The van der Waals surface area contributed by atoms with Crippen molar-refractivity contribution in [3.8, 4) is 6.07 Å². The Bertz CT molecular complexity index is 1260. The number of nitriles is 1. The van der Waals surface area contributed by atoms with Crippen molar-refractivity contribution in [2.75, 3.05) is 25.6 Å². The van der Waals surface area contributed by atoms with Crippen LogP contribution in [0.1, 0.15) is 102 Å². The molecule has 40 heavy (non-hydrogen) atoms. The molecule has 1 heterocycles. The van der Waals surface area contributed by atoms with Gasteiger partial charge in [-0.05, 0) is 110 Å². The standard InChI is InChI=1S/C34H48N2O4/c1-29(2)19-31(40-39-21-29)12-13-32-17-22-16-23(36(4)5)6-7-24(22)26-18-30(3)27(9-11-33(30,37)14-15-35)25(28(26)32)8-10-34(32,38)20-31/h6-7,16,25-28,37-38H,8-14,17-21H2,1-5H3/t25-,26+,27-,28+,30-,31?,32-,33+,34+/m0/s1. The Morgan fingerprint density at radius 2 is 1.85 bits per heavy atom. The Morgan fingerprint density at radius 1 is 1.05 bits per heavy atom. The van der Waals surface area contributed by atoms with Crippen LogP contribution in [-0.4, -0.2) is 47.7 Å². The molecule has 6 aliphatic rings. The summed E-state index contributed by atoms with van der Waals surface area (Å²) in [6, 6.07) is 9.30. The van der Waals surface area contributed by atoms with Gasteiger partial charge in [0.25, 0.3) is 0 Å². The molecule has 6 nitrogen and oxygen atoms in total. The van der Waals surface area contributed by atoms with Gasteiger partial charge in [0, 0.05) is 37.0 Å². The fraction of sp³-hybridized carbons (Fsp3) is 0.794. The normalized spacial score (nSPS) is 48.4. The summed E-state index contributed by atoms with van der Waals surface area (Å²) in [6.45, 7) is 7.39. The van der Waals surface area contributed by atoms with E-state index in [2.05, 4.69) is 64.0 Å². The molecule has 0 aromatic heterocycles. The summed E-state index contributed by atoms with van der Waals surface area (Å²) >= 11 is 0. The van der Waals surface area contributed by atoms with Crippen LogP contribution in [0.4, 0.5) is 5.69 Å². The van der Waals surface area contributed by atoms with E-state index in [1.54, 1.807) is 0 Å². The molecule has 218 valence electrons. The van der Waals surface area contributed by atoms with Gasteiger partial charge >= 0.3 is 0 Å². The third kappa shape index (κ3) is 3.47. The Balaban J connectivity index is 1.36. The lowest BCUT2D eigenvalue weighted by molar-refractivity contribution is -0.426. The first-order chi connectivity index (χ1) is 18.8. The third-order valence-electron chi connectivity index (χ3n) is 13.3. The van der Waals surface area contributed by atoms with E-state index in [1.165, 1.54) is 16.8 Å². The molecule has 4 saturated carbocycles. The monoisotopic (exact) mass is 548 g/mol. The lowest BCUT2D eigenvalue weighted by Crippen LogP contribution is -2.70. The van der Waals surface area contributed by atoms with Crippen molar-refractivity contribution in [3.05, 3.63) is 29.3 Å². The lowest BCUT2D eigenvalue weighted by atomic mass is 9.36. The van der Waals surface area contributed by atoms with Gasteiger partial charge in [0.15, 0.2) is 0 Å². The predicted molar refractivity (Wildman–Crippen MR) is 153 cm³/mol. The highest BCUT2D eigenvalue weighted by molar-refractivity contribution is 5.53. The molecule has 2 N–H and O–H groups in total. The van der Waals surface area contributed by atoms with Crippen LogP contribution in [-0.2, 0) is 16.2 Å². The topological polar surface area (TPSA) is 86.0 Å². The molecule has 1 saturated heterocycles. The van der Waals surface area contributed by atoms with Gasteiger partial charge < -0.3 is 15.1 Å². The van der Waals surface area contributed by atoms with Gasteiger partial charge in [0.2, 0.25) is 0 Å². The quantitative estimate of drug-likeness (QED) is 0.448. The SMILES string of the molecule is CN(C)c1ccc2c(c1)C[C@]13CCC4(CC(C)(C)COO4)C[C@]1(O)CC[C@@H]1[C@@H]3[C@@H]2C[C@@]2(C)[C@H]1CC[C@@]2(O)CC#N. The molecule has 1 aliphatic heterocycles. The largest absolute Gasteiger partial charge is 0.389 e. The molecule has 2 spiro atoms. The van der Waals surface area contributed by atoms with Crippen LogP contribution >= 0.6 is 0 Å². The van der Waals surface area contributed by atoms with Gasteiger partial charge in [-0.1, -0.05) is 26.8 Å². The van der Waals surface area contributed by atoms with Crippen LogP contribution in [0.2, 0.25) is 0 Å². The van der Waals surface area contributed by atoms with E-state index in [0.717, 1.165) is 51.4 Å². The molecule has 0 amide bonds. The van der Waals surface area contributed by atoms with E-state index >= 15 is 0 Å². The average Bonchev–Trinajstić information content (AvgIpc) is 3.13. The minimum absolute atomic E-state index is 0.0281. The molecule has 5 aliphatic carbocycles. The summed E-state index contributed by atoms with van der Waals surface area (Å²) in [5, 5.41) is 34.7. The van der Waals surface area contributed by atoms with Gasteiger partial charge in [0.05, 0.1) is 30.3 Å². The first-order valence-electron chi connectivity index (χ1n) is 15.7. The van der Waals surface area contributed by atoms with Crippen molar-refractivity contribution in [3.63, 3.8) is 0 Å². The fourth-order valence-electron chi connectivity index (χ4n) is 11.7. The average molecular weight is 549 g/mol. The number of hydrogen-bond acceptors (Lipinski definition) is 6. The van der Waals surface area contributed by atoms with Crippen molar-refractivity contribution in [2.24, 2.45) is 34.0 Å². The number of fused-ring (bicyclic) bond motifs is 4. The number of anilines is 1. The molecule has 5 fully saturated rings. The van der Waals surface area contributed by atoms with Crippen LogP contribution < -0.4 is 4.90 Å². The molecule has 1 unspecified atom stereocenters. The molecule has 0 radical (unpaired) electrons. The second kappa shape index (κ2) is 8.47. The van der Waals surface area contributed by atoms with Gasteiger partial charge in [0.1, 0.15) is 5.60 Å². The van der Waals surface area contributed by atoms with Gasteiger partial charge in [-0.2, -0.15) is 5.26 Å². The second-order valence-corrected chi connectivity index (χ2v) is 16.2. The van der Waals surface area contributed by atoms with Gasteiger partial charge in [-0.25, -0.2) is 9.78 Å². The number of hydrogen-bond donors (Lipinski definition) is 2. The maximum atomic E-state index is 13.0. The minimum Gasteiger partial charge on any atom is -0.389 e. The summed E-state index contributed by atoms with van der Waals surface area (Å²) in [4.78, 5) is 14.1. The Hall–Kier alpha value is -1.65. The van der Waals surface area contributed by atoms with Crippen molar-refractivity contribution < 1.29 is 20.0 Å². The van der Waals surface area contributed by atoms with Crippen LogP contribution in [0.5, 0.6) is 0 Å². The summed E-state index contributed by atoms with van der Waals surface area (Å²) in [6.07, 6.45) is 8.87. The van der Waals surface area contributed by atoms with Crippen molar-refractivity contribution >= 4 is 5.69 Å². The molecular weight excluding hydrogens is 500 g/mol. The molecule has 6 heteroatoms. The number of nitrogens with zero attached hydrogens (tertiary/aromatic N) is 2. The lowest BCUT2D eigenvalue weighted by Gasteiger charge is -2.70. The van der Waals surface area contributed by atoms with E-state index in [1.807, 2.05) is 0 Å². The van der Waals surface area contributed by atoms with Crippen molar-refractivity contribution in [1.82, 2.24) is 0 Å². The van der Waals surface area contributed by atoms with Gasteiger partial charge in [-0.15, -0.1) is 0 Å². The zero-order valence-electron chi connectivity index (χ0n) is 25.1. The first kappa shape index (κ1) is 27.2. The highest BCUT2D eigenvalue weighted by Crippen LogP contribution is 2.75. The van der Waals surface area contributed by atoms with Crippen LogP contribution in [0.3, 0.4) is 0 Å². The molecule has 1 aromatic rings. The van der Waals surface area contributed by atoms with Crippen molar-refractivity contribution in [1.29, 1.82) is 5.26 Å². The maximum Gasteiger partial charge on any atom is 0.107 e. The molecule has 9 atom stereocenters. The smallest absolute Gasteiger partial charge is 0.107 e. The molecule has 1 aromatic carbocycles. The molecular formula is C34H48N2O4. The summed E-state index contributed by atoms with van der Waals surface area (Å²) in [7, 11) is 4.19. The molecule has 0 bridgehead atoms. The van der Waals surface area contributed by atoms with E-state index < -0.39 is 16.8 Å². The third-order valence-corrected chi connectivity index (χ3v) is 13.3. The summed E-state index contributed by atoms with van der Waals surface area (Å²) < 4.78 is 0. The van der Waals surface area contributed by atoms with Crippen LogP contribution in [0, 0.1) is 45.3 Å². The van der Waals surface area contributed by atoms with Crippen molar-refractivity contribution in [2.45, 2.75) is 114 Å². The fourth-order valence-corrected chi connectivity index (χ4v) is 11.7. The first-order valence-corrected chi connectivity index (χ1v) is 15.7. The Labute approximate surface area is 240 Å². The van der Waals surface area contributed by atoms with Crippen LogP contribution in [0.25, 0.3) is 0 Å². The van der Waals surface area contributed by atoms with Crippen LogP contribution in [0.15, 0.2) is 18.2 Å². The van der Waals surface area contributed by atoms with E-state index in [-0.39, 0.29) is 28.6 Å².